The lowest BCUT2D eigenvalue weighted by Gasteiger charge is -2.17. The summed E-state index contributed by atoms with van der Waals surface area (Å²) in [7, 11) is 0. The standard InChI is InChI=1S/C18H18O3/c1-14(19)21-18(16-10-6-3-7-11-16)13-12-17(20)15-8-4-2-5-9-15/h2-11,18H,12-13H2,1H3. The van der Waals surface area contributed by atoms with Crippen LogP contribution in [0.25, 0.3) is 0 Å². The highest BCUT2D eigenvalue weighted by molar-refractivity contribution is 5.96. The van der Waals surface area contributed by atoms with Crippen LogP contribution in [0.3, 0.4) is 0 Å². The molecule has 0 fully saturated rings. The van der Waals surface area contributed by atoms with Crippen LogP contribution in [0.4, 0.5) is 0 Å². The maximum absolute atomic E-state index is 12.1. The Morgan fingerprint density at radius 1 is 0.952 bits per heavy atom. The molecular weight excluding hydrogens is 264 g/mol. The molecule has 0 heterocycles. The Balaban J connectivity index is 2.03. The van der Waals surface area contributed by atoms with Crippen molar-refractivity contribution in [1.82, 2.24) is 0 Å². The van der Waals surface area contributed by atoms with Crippen molar-refractivity contribution in [2.45, 2.75) is 25.9 Å². The molecule has 0 spiro atoms. The molecule has 3 heteroatoms. The van der Waals surface area contributed by atoms with E-state index in [9.17, 15) is 9.59 Å². The van der Waals surface area contributed by atoms with Crippen LogP contribution in [0, 0.1) is 0 Å². The fraction of sp³-hybridized carbons (Fsp3) is 0.222. The molecule has 0 saturated heterocycles. The van der Waals surface area contributed by atoms with Crippen LogP contribution >= 0.6 is 0 Å². The van der Waals surface area contributed by atoms with Gasteiger partial charge in [-0.05, 0) is 12.0 Å². The molecule has 0 amide bonds. The number of carbonyl (C=O) groups excluding carboxylic acids is 2. The number of ketones is 1. The molecule has 3 nitrogen and oxygen atoms in total. The minimum Gasteiger partial charge on any atom is -0.458 e. The number of Topliss-reactive ketones (excluding diaryl/α,β-unsaturated/α-hetero) is 1. The lowest BCUT2D eigenvalue weighted by molar-refractivity contribution is -0.147. The second kappa shape index (κ2) is 7.39. The predicted octanol–water partition coefficient (Wildman–Crippen LogP) is 3.95. The average Bonchev–Trinajstić information content (AvgIpc) is 2.52. The summed E-state index contributed by atoms with van der Waals surface area (Å²) in [6, 6.07) is 18.7. The lowest BCUT2D eigenvalue weighted by atomic mass is 10.0. The summed E-state index contributed by atoms with van der Waals surface area (Å²) in [5, 5.41) is 0. The number of rotatable bonds is 6. The monoisotopic (exact) mass is 282 g/mol. The lowest BCUT2D eigenvalue weighted by Crippen LogP contribution is -2.11. The van der Waals surface area contributed by atoms with Crippen molar-refractivity contribution < 1.29 is 14.3 Å². The number of benzene rings is 2. The molecule has 0 saturated carbocycles. The summed E-state index contributed by atoms with van der Waals surface area (Å²) in [5.41, 5.74) is 1.60. The number of hydrogen-bond donors (Lipinski definition) is 0. The Labute approximate surface area is 124 Å². The van der Waals surface area contributed by atoms with E-state index >= 15 is 0 Å². The van der Waals surface area contributed by atoms with Gasteiger partial charge < -0.3 is 4.74 Å². The Morgan fingerprint density at radius 3 is 2.10 bits per heavy atom. The third-order valence-corrected chi connectivity index (χ3v) is 3.21. The third-order valence-electron chi connectivity index (χ3n) is 3.21. The highest BCUT2D eigenvalue weighted by Gasteiger charge is 2.16. The molecule has 1 unspecified atom stereocenters. The van der Waals surface area contributed by atoms with Gasteiger partial charge >= 0.3 is 5.97 Å². The van der Waals surface area contributed by atoms with E-state index in [-0.39, 0.29) is 17.9 Å². The summed E-state index contributed by atoms with van der Waals surface area (Å²) in [4.78, 5) is 23.4. The van der Waals surface area contributed by atoms with Crippen molar-refractivity contribution in [2.24, 2.45) is 0 Å². The van der Waals surface area contributed by atoms with Crippen LogP contribution in [0.2, 0.25) is 0 Å². The van der Waals surface area contributed by atoms with E-state index in [0.29, 0.717) is 18.4 Å². The maximum atomic E-state index is 12.1. The van der Waals surface area contributed by atoms with Crippen molar-refractivity contribution in [2.75, 3.05) is 0 Å². The van der Waals surface area contributed by atoms with Gasteiger partial charge in [0.25, 0.3) is 0 Å². The molecule has 0 N–H and O–H groups in total. The molecule has 2 rings (SSSR count). The zero-order valence-electron chi connectivity index (χ0n) is 12.0. The van der Waals surface area contributed by atoms with Crippen LogP contribution in [0.5, 0.6) is 0 Å². The fourth-order valence-corrected chi connectivity index (χ4v) is 2.19. The first-order valence-electron chi connectivity index (χ1n) is 6.97. The molecular formula is C18H18O3. The maximum Gasteiger partial charge on any atom is 0.303 e. The predicted molar refractivity (Wildman–Crippen MR) is 81.0 cm³/mol. The van der Waals surface area contributed by atoms with Crippen molar-refractivity contribution in [1.29, 1.82) is 0 Å². The van der Waals surface area contributed by atoms with Gasteiger partial charge in [0.05, 0.1) is 0 Å². The molecule has 1 atom stereocenters. The second-order valence-electron chi connectivity index (χ2n) is 4.84. The minimum atomic E-state index is -0.378. The van der Waals surface area contributed by atoms with Crippen molar-refractivity contribution in [3.63, 3.8) is 0 Å². The first-order valence-corrected chi connectivity index (χ1v) is 6.97. The van der Waals surface area contributed by atoms with E-state index in [1.165, 1.54) is 6.92 Å². The molecule has 2 aromatic rings. The van der Waals surface area contributed by atoms with E-state index in [2.05, 4.69) is 0 Å². The smallest absolute Gasteiger partial charge is 0.303 e. The summed E-state index contributed by atoms with van der Waals surface area (Å²) in [6.45, 7) is 1.38. The third kappa shape index (κ3) is 4.56. The van der Waals surface area contributed by atoms with Gasteiger partial charge in [0.1, 0.15) is 6.10 Å². The summed E-state index contributed by atoms with van der Waals surface area (Å²) < 4.78 is 5.33. The van der Waals surface area contributed by atoms with Gasteiger partial charge in [-0.2, -0.15) is 0 Å². The zero-order chi connectivity index (χ0) is 15.1. The van der Waals surface area contributed by atoms with Gasteiger partial charge in [0, 0.05) is 18.9 Å². The molecule has 0 bridgehead atoms. The minimum absolute atomic E-state index is 0.0590. The van der Waals surface area contributed by atoms with Gasteiger partial charge in [0.2, 0.25) is 0 Å². The van der Waals surface area contributed by atoms with Gasteiger partial charge in [-0.25, -0.2) is 0 Å². The molecule has 0 aliphatic carbocycles. The summed E-state index contributed by atoms with van der Waals surface area (Å²) >= 11 is 0. The fourth-order valence-electron chi connectivity index (χ4n) is 2.19. The van der Waals surface area contributed by atoms with Gasteiger partial charge in [-0.15, -0.1) is 0 Å². The van der Waals surface area contributed by atoms with Crippen LogP contribution < -0.4 is 0 Å². The Kier molecular flexibility index (Phi) is 5.27. The van der Waals surface area contributed by atoms with E-state index in [1.807, 2.05) is 48.5 Å². The molecule has 0 aliphatic heterocycles. The van der Waals surface area contributed by atoms with Crippen molar-refractivity contribution >= 4 is 11.8 Å². The molecule has 0 aliphatic rings. The summed E-state index contributed by atoms with van der Waals surface area (Å²) in [6.07, 6.45) is 0.449. The van der Waals surface area contributed by atoms with E-state index in [0.717, 1.165) is 5.56 Å². The largest absolute Gasteiger partial charge is 0.458 e. The topological polar surface area (TPSA) is 43.4 Å². The van der Waals surface area contributed by atoms with Crippen molar-refractivity contribution in [3.05, 3.63) is 71.8 Å². The Hall–Kier alpha value is -2.42. The van der Waals surface area contributed by atoms with Gasteiger partial charge in [0.15, 0.2) is 5.78 Å². The number of hydrogen-bond acceptors (Lipinski definition) is 3. The quantitative estimate of drug-likeness (QED) is 0.595. The number of esters is 1. The number of ether oxygens (including phenoxy) is 1. The van der Waals surface area contributed by atoms with Crippen LogP contribution in [-0.2, 0) is 9.53 Å². The van der Waals surface area contributed by atoms with Gasteiger partial charge in [-0.1, -0.05) is 60.7 Å². The summed E-state index contributed by atoms with van der Waals surface area (Å²) in [5.74, 6) is -0.278. The molecule has 0 aromatic heterocycles. The second-order valence-corrected chi connectivity index (χ2v) is 4.84. The Bertz CT molecular complexity index is 590. The van der Waals surface area contributed by atoms with E-state index in [4.69, 9.17) is 4.74 Å². The molecule has 2 aromatic carbocycles. The molecule has 0 radical (unpaired) electrons. The van der Waals surface area contributed by atoms with E-state index in [1.54, 1.807) is 12.1 Å². The molecule has 108 valence electrons. The zero-order valence-corrected chi connectivity index (χ0v) is 12.0. The molecule has 21 heavy (non-hydrogen) atoms. The normalized spacial score (nSPS) is 11.7. The Morgan fingerprint density at radius 2 is 1.52 bits per heavy atom. The highest BCUT2D eigenvalue weighted by atomic mass is 16.5. The van der Waals surface area contributed by atoms with E-state index < -0.39 is 0 Å². The first kappa shape index (κ1) is 15.0. The first-order chi connectivity index (χ1) is 10.2. The van der Waals surface area contributed by atoms with Crippen molar-refractivity contribution in [3.8, 4) is 0 Å². The van der Waals surface area contributed by atoms with Crippen LogP contribution in [0.1, 0.15) is 41.8 Å². The highest BCUT2D eigenvalue weighted by Crippen LogP contribution is 2.23. The van der Waals surface area contributed by atoms with Crippen LogP contribution in [-0.4, -0.2) is 11.8 Å². The van der Waals surface area contributed by atoms with Crippen LogP contribution in [0.15, 0.2) is 60.7 Å². The SMILES string of the molecule is CC(=O)OC(CCC(=O)c1ccccc1)c1ccccc1. The number of carbonyl (C=O) groups is 2. The van der Waals surface area contributed by atoms with Gasteiger partial charge in [-0.3, -0.25) is 9.59 Å². The average molecular weight is 282 g/mol.